The van der Waals surface area contributed by atoms with E-state index >= 15 is 0 Å². The Kier molecular flexibility index (Phi) is 9.56. The van der Waals surface area contributed by atoms with Gasteiger partial charge in [0.25, 0.3) is 0 Å². The molecule has 2 unspecified atom stereocenters. The van der Waals surface area contributed by atoms with Crippen LogP contribution in [0.3, 0.4) is 0 Å². The summed E-state index contributed by atoms with van der Waals surface area (Å²) < 4.78 is 33.0. The number of aromatic nitrogens is 4. The van der Waals surface area contributed by atoms with Gasteiger partial charge in [0.1, 0.15) is 16.8 Å². The first kappa shape index (κ1) is 34.6. The molecule has 0 saturated heterocycles. The fraction of sp³-hybridized carbons (Fsp3) is 0.368. The molecule has 3 N–H and O–H groups in total. The minimum absolute atomic E-state index is 0.171. The number of fused-ring (bicyclic) bond motifs is 2. The van der Waals surface area contributed by atoms with E-state index in [1.54, 1.807) is 25.6 Å². The standard InChI is InChI=1S/C38H46N6O4S/c1-8-44-36-32(48-7)20-31(26(4)35(36)41-42-44)34(38(5,6)37(45)40-30-13-11-17-39-21-30)28-16-15-25(3)29(19-28)23-43-22-24(2)18-27-12-9-10-14-33(27)49(43,46)47/h9-17,19-21,24,34,46-47H,8,18,22-23H2,1-7H3,(H,40,45). The summed E-state index contributed by atoms with van der Waals surface area (Å²) in [5.41, 5.74) is 6.86. The highest BCUT2D eigenvalue weighted by atomic mass is 32.3. The maximum absolute atomic E-state index is 14.3. The molecule has 1 aliphatic heterocycles. The highest BCUT2D eigenvalue weighted by Gasteiger charge is 2.41. The van der Waals surface area contributed by atoms with Crippen LogP contribution in [-0.2, 0) is 24.3 Å². The molecule has 0 saturated carbocycles. The molecule has 10 nitrogen and oxygen atoms in total. The fourth-order valence-corrected chi connectivity index (χ4v) is 8.97. The Balaban J connectivity index is 1.49. The number of nitrogens with zero attached hydrogens (tertiary/aromatic N) is 5. The van der Waals surface area contributed by atoms with Crippen LogP contribution in [0.4, 0.5) is 5.69 Å². The lowest BCUT2D eigenvalue weighted by Crippen LogP contribution is -2.37. The van der Waals surface area contributed by atoms with E-state index in [-0.39, 0.29) is 11.8 Å². The molecular formula is C38H46N6O4S. The van der Waals surface area contributed by atoms with Gasteiger partial charge in [-0.15, -0.1) is 15.9 Å². The highest BCUT2D eigenvalue weighted by Crippen LogP contribution is 2.56. The van der Waals surface area contributed by atoms with Gasteiger partial charge in [0.15, 0.2) is 0 Å². The van der Waals surface area contributed by atoms with Crippen LogP contribution < -0.4 is 10.1 Å². The number of benzene rings is 3. The zero-order valence-corrected chi connectivity index (χ0v) is 30.1. The quantitative estimate of drug-likeness (QED) is 0.143. The van der Waals surface area contributed by atoms with Gasteiger partial charge in [0.2, 0.25) is 5.91 Å². The van der Waals surface area contributed by atoms with Crippen LogP contribution in [0.1, 0.15) is 67.0 Å². The molecule has 3 aromatic carbocycles. The molecule has 2 atom stereocenters. The summed E-state index contributed by atoms with van der Waals surface area (Å²) in [5, 5.41) is 12.0. The van der Waals surface area contributed by atoms with E-state index in [4.69, 9.17) is 4.74 Å². The lowest BCUT2D eigenvalue weighted by Gasteiger charge is -2.43. The summed E-state index contributed by atoms with van der Waals surface area (Å²) >= 11 is 0. The van der Waals surface area contributed by atoms with Gasteiger partial charge in [-0.05, 0) is 90.8 Å². The normalized spacial score (nSPS) is 17.6. The van der Waals surface area contributed by atoms with Crippen molar-refractivity contribution in [3.05, 3.63) is 106 Å². The van der Waals surface area contributed by atoms with Gasteiger partial charge in [0.05, 0.1) is 29.3 Å². The molecule has 0 aliphatic carbocycles. The van der Waals surface area contributed by atoms with Gasteiger partial charge in [-0.25, -0.2) is 4.68 Å². The van der Waals surface area contributed by atoms with Crippen molar-refractivity contribution in [3.8, 4) is 5.75 Å². The number of amides is 1. The second-order valence-corrected chi connectivity index (χ2v) is 15.7. The molecule has 1 aliphatic rings. The Labute approximate surface area is 290 Å². The Bertz CT molecular complexity index is 1990. The van der Waals surface area contributed by atoms with Crippen molar-refractivity contribution in [1.82, 2.24) is 24.3 Å². The summed E-state index contributed by atoms with van der Waals surface area (Å²) in [6.45, 7) is 13.6. The number of hydrogen-bond donors (Lipinski definition) is 3. The van der Waals surface area contributed by atoms with E-state index in [0.29, 0.717) is 36.0 Å². The first-order valence-electron chi connectivity index (χ1n) is 16.7. The van der Waals surface area contributed by atoms with Crippen molar-refractivity contribution in [2.24, 2.45) is 11.3 Å². The Morgan fingerprint density at radius 2 is 1.90 bits per heavy atom. The predicted molar refractivity (Wildman–Crippen MR) is 195 cm³/mol. The summed E-state index contributed by atoms with van der Waals surface area (Å²) in [7, 11) is -1.60. The van der Waals surface area contributed by atoms with Crippen molar-refractivity contribution < 1.29 is 18.6 Å². The summed E-state index contributed by atoms with van der Waals surface area (Å²) in [4.78, 5) is 19.1. The lowest BCUT2D eigenvalue weighted by molar-refractivity contribution is -0.124. The van der Waals surface area contributed by atoms with Gasteiger partial charge in [0, 0.05) is 31.7 Å². The second kappa shape index (κ2) is 13.5. The fourth-order valence-electron chi connectivity index (χ4n) is 7.14. The molecule has 49 heavy (non-hydrogen) atoms. The molecule has 258 valence electrons. The van der Waals surface area contributed by atoms with Gasteiger partial charge < -0.3 is 10.1 Å². The Morgan fingerprint density at radius 1 is 1.12 bits per heavy atom. The zero-order valence-electron chi connectivity index (χ0n) is 29.3. The highest BCUT2D eigenvalue weighted by molar-refractivity contribution is 8.22. The van der Waals surface area contributed by atoms with E-state index in [1.807, 2.05) is 80.0 Å². The predicted octanol–water partition coefficient (Wildman–Crippen LogP) is 7.99. The number of pyridine rings is 1. The lowest BCUT2D eigenvalue weighted by atomic mass is 9.69. The summed E-state index contributed by atoms with van der Waals surface area (Å²) in [6, 6.07) is 19.5. The van der Waals surface area contributed by atoms with Gasteiger partial charge in [-0.3, -0.25) is 18.9 Å². The van der Waals surface area contributed by atoms with Crippen molar-refractivity contribution in [2.45, 2.75) is 71.9 Å². The molecule has 3 heterocycles. The van der Waals surface area contributed by atoms with E-state index < -0.39 is 22.1 Å². The van der Waals surface area contributed by atoms with Crippen LogP contribution >= 0.6 is 10.8 Å². The molecular weight excluding hydrogens is 637 g/mol. The van der Waals surface area contributed by atoms with Crippen LogP contribution in [0.5, 0.6) is 5.75 Å². The van der Waals surface area contributed by atoms with Crippen molar-refractivity contribution in [1.29, 1.82) is 0 Å². The van der Waals surface area contributed by atoms with Crippen molar-refractivity contribution >= 4 is 33.4 Å². The number of rotatable bonds is 9. The molecule has 0 bridgehead atoms. The van der Waals surface area contributed by atoms with Crippen LogP contribution in [0.2, 0.25) is 0 Å². The van der Waals surface area contributed by atoms with Crippen LogP contribution in [0.25, 0.3) is 11.0 Å². The smallest absolute Gasteiger partial charge is 0.231 e. The topological polar surface area (TPSA) is 126 Å². The van der Waals surface area contributed by atoms with Gasteiger partial charge in [-0.1, -0.05) is 62.4 Å². The van der Waals surface area contributed by atoms with E-state index in [2.05, 4.69) is 45.7 Å². The third-order valence-corrected chi connectivity index (χ3v) is 11.9. The largest absolute Gasteiger partial charge is 0.494 e. The zero-order chi connectivity index (χ0) is 35.1. The first-order valence-corrected chi connectivity index (χ1v) is 18.2. The third-order valence-electron chi connectivity index (χ3n) is 9.86. The number of carbonyl (C=O) groups excluding carboxylic acids is 1. The van der Waals surface area contributed by atoms with Crippen LogP contribution in [0.15, 0.2) is 78.0 Å². The maximum Gasteiger partial charge on any atom is 0.231 e. The van der Waals surface area contributed by atoms with E-state index in [0.717, 1.165) is 50.8 Å². The Morgan fingerprint density at radius 3 is 2.61 bits per heavy atom. The van der Waals surface area contributed by atoms with Crippen molar-refractivity contribution in [2.75, 3.05) is 19.0 Å². The number of aryl methyl sites for hydroxylation is 3. The number of hydrogen-bond acceptors (Lipinski definition) is 8. The number of methoxy groups -OCH3 is 1. The molecule has 0 spiro atoms. The number of carbonyl (C=O) groups is 1. The number of anilines is 1. The maximum atomic E-state index is 14.3. The number of nitrogens with one attached hydrogen (secondary N) is 1. The molecule has 5 aromatic rings. The molecule has 0 fully saturated rings. The minimum atomic E-state index is -3.24. The van der Waals surface area contributed by atoms with Gasteiger partial charge >= 0.3 is 0 Å². The molecule has 1 amide bonds. The molecule has 2 aromatic heterocycles. The average molecular weight is 683 g/mol. The van der Waals surface area contributed by atoms with E-state index in [9.17, 15) is 13.9 Å². The van der Waals surface area contributed by atoms with Crippen molar-refractivity contribution in [3.63, 3.8) is 0 Å². The van der Waals surface area contributed by atoms with Gasteiger partial charge in [-0.2, -0.15) is 4.31 Å². The van der Waals surface area contributed by atoms with E-state index in [1.165, 1.54) is 0 Å². The summed E-state index contributed by atoms with van der Waals surface area (Å²) in [5.74, 6) is 0.238. The molecule has 6 rings (SSSR count). The first-order chi connectivity index (χ1) is 23.4. The summed E-state index contributed by atoms with van der Waals surface area (Å²) in [6.07, 6.45) is 4.08. The second-order valence-electron chi connectivity index (χ2n) is 13.7. The SMILES string of the molecule is CCn1nnc2c(C)c(C(c3ccc(C)c(CN4CC(C)Cc5ccccc5S4(O)O)c3)C(C)(C)C(=O)Nc3cccnc3)cc(OC)c21. The van der Waals surface area contributed by atoms with Crippen LogP contribution in [0, 0.1) is 25.2 Å². The average Bonchev–Trinajstić information content (AvgIpc) is 3.49. The molecule has 0 radical (unpaired) electrons. The minimum Gasteiger partial charge on any atom is -0.494 e. The third kappa shape index (κ3) is 6.43. The monoisotopic (exact) mass is 682 g/mol. The number of ether oxygens (including phenoxy) is 1. The van der Waals surface area contributed by atoms with Crippen LogP contribution in [-0.4, -0.2) is 53.0 Å². The molecule has 11 heteroatoms. The Hall–Kier alpha value is -4.29.